The molecule has 3 rings (SSSR count). The number of carbonyl (C=O) groups excluding carboxylic acids is 1. The highest BCUT2D eigenvalue weighted by Crippen LogP contribution is 2.22. The van der Waals surface area contributed by atoms with Crippen molar-refractivity contribution in [2.24, 2.45) is 5.92 Å². The summed E-state index contributed by atoms with van der Waals surface area (Å²) in [6, 6.07) is 28.1. The van der Waals surface area contributed by atoms with Crippen molar-refractivity contribution in [1.82, 2.24) is 4.90 Å². The van der Waals surface area contributed by atoms with Crippen LogP contribution in [0.1, 0.15) is 30.4 Å². The Morgan fingerprint density at radius 2 is 1.39 bits per heavy atom. The van der Waals surface area contributed by atoms with Crippen LogP contribution >= 0.6 is 0 Å². The molecule has 3 aromatic carbocycles. The molecular formula is C28H31NO4. The Bertz CT molecular complexity index is 1000. The molecule has 33 heavy (non-hydrogen) atoms. The first-order valence-corrected chi connectivity index (χ1v) is 11.4. The molecule has 1 atom stereocenters. The molecule has 2 N–H and O–H groups in total. The van der Waals surface area contributed by atoms with E-state index in [-0.39, 0.29) is 25.5 Å². The van der Waals surface area contributed by atoms with E-state index in [1.165, 1.54) is 5.56 Å². The maximum atomic E-state index is 13.2. The fraction of sp³-hybridized carbons (Fsp3) is 0.286. The minimum atomic E-state index is -0.982. The molecule has 5 nitrogen and oxygen atoms in total. The molecule has 3 aromatic rings. The lowest BCUT2D eigenvalue weighted by Gasteiger charge is -2.26. The summed E-state index contributed by atoms with van der Waals surface area (Å²) >= 11 is 0. The van der Waals surface area contributed by atoms with E-state index in [2.05, 4.69) is 36.4 Å². The Labute approximate surface area is 195 Å². The smallest absolute Gasteiger partial charge is 0.304 e. The molecule has 0 aromatic heterocycles. The highest BCUT2D eigenvalue weighted by molar-refractivity contribution is 5.83. The van der Waals surface area contributed by atoms with Crippen LogP contribution in [0.2, 0.25) is 0 Å². The number of nitrogens with zero attached hydrogens (tertiary/aromatic N) is 1. The number of hydrogen-bond acceptors (Lipinski definition) is 3. The van der Waals surface area contributed by atoms with E-state index in [1.54, 1.807) is 4.90 Å². The van der Waals surface area contributed by atoms with Crippen LogP contribution in [-0.4, -0.2) is 40.1 Å². The Hall–Kier alpha value is -3.44. The van der Waals surface area contributed by atoms with Gasteiger partial charge in [-0.25, -0.2) is 0 Å². The lowest BCUT2D eigenvalue weighted by molar-refractivity contribution is -0.145. The minimum Gasteiger partial charge on any atom is -0.481 e. The van der Waals surface area contributed by atoms with Gasteiger partial charge in [-0.3, -0.25) is 9.59 Å². The van der Waals surface area contributed by atoms with Crippen molar-refractivity contribution >= 4 is 11.9 Å². The lowest BCUT2D eigenvalue weighted by atomic mass is 9.94. The zero-order valence-corrected chi connectivity index (χ0v) is 18.8. The average Bonchev–Trinajstić information content (AvgIpc) is 2.84. The number of carbonyl (C=O) groups is 2. The summed E-state index contributed by atoms with van der Waals surface area (Å²) < 4.78 is 0. The van der Waals surface area contributed by atoms with Crippen LogP contribution in [0.4, 0.5) is 0 Å². The number of amides is 1. The van der Waals surface area contributed by atoms with E-state index in [9.17, 15) is 19.8 Å². The van der Waals surface area contributed by atoms with E-state index >= 15 is 0 Å². The van der Waals surface area contributed by atoms with Crippen molar-refractivity contribution in [2.45, 2.75) is 32.2 Å². The van der Waals surface area contributed by atoms with E-state index in [0.717, 1.165) is 23.1 Å². The minimum absolute atomic E-state index is 0.161. The summed E-state index contributed by atoms with van der Waals surface area (Å²) in [5, 5.41) is 18.8. The zero-order chi connectivity index (χ0) is 23.5. The number of aryl methyl sites for hydroxylation is 1. The third-order valence-corrected chi connectivity index (χ3v) is 5.75. The largest absolute Gasteiger partial charge is 0.481 e. The fourth-order valence-electron chi connectivity index (χ4n) is 4.02. The molecule has 0 spiro atoms. The van der Waals surface area contributed by atoms with Gasteiger partial charge >= 0.3 is 5.97 Å². The van der Waals surface area contributed by atoms with Gasteiger partial charge in [0.05, 0.1) is 13.0 Å². The van der Waals surface area contributed by atoms with Crippen LogP contribution in [0, 0.1) is 5.92 Å². The van der Waals surface area contributed by atoms with Gasteiger partial charge < -0.3 is 15.1 Å². The summed E-state index contributed by atoms with van der Waals surface area (Å²) in [7, 11) is 0. The summed E-state index contributed by atoms with van der Waals surface area (Å²) in [4.78, 5) is 26.2. The van der Waals surface area contributed by atoms with Gasteiger partial charge in [0.1, 0.15) is 0 Å². The van der Waals surface area contributed by atoms with Crippen LogP contribution in [0.15, 0.2) is 84.9 Å². The highest BCUT2D eigenvalue weighted by Gasteiger charge is 2.26. The molecule has 0 heterocycles. The summed E-state index contributed by atoms with van der Waals surface area (Å²) in [6.07, 6.45) is 1.77. The fourth-order valence-corrected chi connectivity index (χ4v) is 4.02. The van der Waals surface area contributed by atoms with Gasteiger partial charge in [-0.15, -0.1) is 0 Å². The van der Waals surface area contributed by atoms with Gasteiger partial charge in [0.25, 0.3) is 0 Å². The molecule has 0 saturated carbocycles. The quantitative estimate of drug-likeness (QED) is 0.420. The van der Waals surface area contributed by atoms with Crippen molar-refractivity contribution in [1.29, 1.82) is 0 Å². The lowest BCUT2D eigenvalue weighted by Crippen LogP contribution is -2.38. The maximum absolute atomic E-state index is 13.2. The Balaban J connectivity index is 1.61. The van der Waals surface area contributed by atoms with Crippen molar-refractivity contribution in [3.63, 3.8) is 0 Å². The van der Waals surface area contributed by atoms with Crippen molar-refractivity contribution < 1.29 is 19.8 Å². The molecule has 172 valence electrons. The molecule has 0 saturated heterocycles. The van der Waals surface area contributed by atoms with Gasteiger partial charge in [-0.05, 0) is 41.5 Å². The molecule has 0 bridgehead atoms. The first-order valence-electron chi connectivity index (χ1n) is 11.4. The van der Waals surface area contributed by atoms with Crippen molar-refractivity contribution in [3.8, 4) is 11.1 Å². The van der Waals surface area contributed by atoms with Gasteiger partial charge in [-0.1, -0.05) is 84.9 Å². The number of aliphatic hydroxyl groups is 1. The molecule has 1 amide bonds. The number of rotatable bonds is 12. The summed E-state index contributed by atoms with van der Waals surface area (Å²) in [6.45, 7) is 0.383. The number of carboxylic acid groups (broad SMARTS) is 1. The second-order valence-electron chi connectivity index (χ2n) is 8.22. The maximum Gasteiger partial charge on any atom is 0.304 e. The van der Waals surface area contributed by atoms with Gasteiger partial charge in [0.15, 0.2) is 0 Å². The van der Waals surface area contributed by atoms with Crippen LogP contribution in [0.3, 0.4) is 0 Å². The van der Waals surface area contributed by atoms with E-state index in [1.807, 2.05) is 48.5 Å². The van der Waals surface area contributed by atoms with Gasteiger partial charge in [0, 0.05) is 19.0 Å². The topological polar surface area (TPSA) is 77.8 Å². The molecular weight excluding hydrogens is 414 g/mol. The number of hydrogen-bond donors (Lipinski definition) is 2. The Morgan fingerprint density at radius 3 is 2.00 bits per heavy atom. The third-order valence-electron chi connectivity index (χ3n) is 5.75. The van der Waals surface area contributed by atoms with E-state index in [4.69, 9.17) is 0 Å². The monoisotopic (exact) mass is 445 g/mol. The van der Waals surface area contributed by atoms with Crippen LogP contribution in [0.25, 0.3) is 11.1 Å². The second kappa shape index (κ2) is 12.6. The number of aliphatic carboxylic acids is 1. The Kier molecular flexibility index (Phi) is 9.21. The first kappa shape index (κ1) is 24.2. The van der Waals surface area contributed by atoms with Crippen LogP contribution in [0.5, 0.6) is 0 Å². The summed E-state index contributed by atoms with van der Waals surface area (Å²) in [5.41, 5.74) is 4.43. The van der Waals surface area contributed by atoms with Crippen molar-refractivity contribution in [2.75, 3.05) is 13.2 Å². The molecule has 0 radical (unpaired) electrons. The number of benzene rings is 3. The molecule has 0 aliphatic rings. The van der Waals surface area contributed by atoms with Gasteiger partial charge in [0.2, 0.25) is 5.91 Å². The SMILES string of the molecule is O=C(O)CC(CCCc1ccc(-c2ccccc2)cc1)C(=O)N(CCO)Cc1ccccc1. The molecule has 1 unspecified atom stereocenters. The molecule has 5 heteroatoms. The molecule has 0 aliphatic heterocycles. The molecule has 0 fully saturated rings. The predicted octanol–water partition coefficient (Wildman–Crippen LogP) is 4.79. The summed E-state index contributed by atoms with van der Waals surface area (Å²) in [5.74, 6) is -1.81. The third kappa shape index (κ3) is 7.58. The van der Waals surface area contributed by atoms with Gasteiger partial charge in [-0.2, -0.15) is 0 Å². The Morgan fingerprint density at radius 1 is 0.788 bits per heavy atom. The van der Waals surface area contributed by atoms with E-state index in [0.29, 0.717) is 19.4 Å². The van der Waals surface area contributed by atoms with E-state index < -0.39 is 11.9 Å². The first-order chi connectivity index (χ1) is 16.1. The van der Waals surface area contributed by atoms with Crippen molar-refractivity contribution in [3.05, 3.63) is 96.1 Å². The highest BCUT2D eigenvalue weighted by atomic mass is 16.4. The van der Waals surface area contributed by atoms with Crippen LogP contribution in [-0.2, 0) is 22.6 Å². The molecule has 0 aliphatic carbocycles. The average molecular weight is 446 g/mol. The predicted molar refractivity (Wildman–Crippen MR) is 130 cm³/mol. The van der Waals surface area contributed by atoms with Crippen LogP contribution < -0.4 is 0 Å². The normalized spacial score (nSPS) is 11.7. The standard InChI is InChI=1S/C28H31NO4/c30-19-18-29(21-23-8-3-1-4-9-23)28(33)26(20-27(31)32)13-7-10-22-14-16-25(17-15-22)24-11-5-2-6-12-24/h1-6,8-9,11-12,14-17,26,30H,7,10,13,18-21H2,(H,31,32). The second-order valence-corrected chi connectivity index (χ2v) is 8.22. The number of aliphatic hydroxyl groups excluding tert-OH is 1. The zero-order valence-electron chi connectivity index (χ0n) is 18.8. The number of carboxylic acids is 1.